The number of fused-ring (bicyclic) bond motifs is 1. The molecule has 1 aliphatic heterocycles. The summed E-state index contributed by atoms with van der Waals surface area (Å²) < 4.78 is 51.8. The van der Waals surface area contributed by atoms with Gasteiger partial charge < -0.3 is 14.8 Å². The Labute approximate surface area is 191 Å². The molecule has 3 aromatic carbocycles. The minimum atomic E-state index is -3.90. The van der Waals surface area contributed by atoms with E-state index >= 15 is 0 Å². The van der Waals surface area contributed by atoms with E-state index in [0.29, 0.717) is 36.0 Å². The first kappa shape index (κ1) is 22.8. The number of carbonyl (C=O) groups excluding carboxylic acids is 1. The average Bonchev–Trinajstić information content (AvgIpc) is 3.04. The number of carbonyl (C=O) groups is 1. The third-order valence-electron chi connectivity index (χ3n) is 5.10. The molecule has 1 aliphatic rings. The molecule has 1 amide bonds. The fraction of sp³-hybridized carbons (Fsp3) is 0.208. The number of anilines is 1. The van der Waals surface area contributed by atoms with Gasteiger partial charge in [0, 0.05) is 37.3 Å². The highest BCUT2D eigenvalue weighted by Crippen LogP contribution is 2.32. The van der Waals surface area contributed by atoms with Crippen molar-refractivity contribution in [3.63, 3.8) is 0 Å². The molecule has 4 rings (SSSR count). The Morgan fingerprint density at radius 2 is 1.76 bits per heavy atom. The summed E-state index contributed by atoms with van der Waals surface area (Å²) in [7, 11) is -2.49. The SMILES string of the molecule is CN(Cc1cccc(F)c1)S(=O)(=O)c1cccc(C(=O)Nc2ccc3c(c2)OCCCO3)c1. The summed E-state index contributed by atoms with van der Waals surface area (Å²) in [6, 6.07) is 16.6. The molecule has 0 saturated heterocycles. The smallest absolute Gasteiger partial charge is 0.255 e. The van der Waals surface area contributed by atoms with Crippen LogP contribution in [0, 0.1) is 5.82 Å². The summed E-state index contributed by atoms with van der Waals surface area (Å²) >= 11 is 0. The van der Waals surface area contributed by atoms with E-state index in [0.717, 1.165) is 10.7 Å². The molecule has 172 valence electrons. The first-order valence-corrected chi connectivity index (χ1v) is 11.8. The number of amides is 1. The monoisotopic (exact) mass is 470 g/mol. The van der Waals surface area contributed by atoms with Crippen LogP contribution in [0.4, 0.5) is 10.1 Å². The molecule has 0 fully saturated rings. The minimum Gasteiger partial charge on any atom is -0.490 e. The molecule has 0 spiro atoms. The molecule has 7 nitrogen and oxygen atoms in total. The highest BCUT2D eigenvalue weighted by atomic mass is 32.2. The molecule has 0 unspecified atom stereocenters. The molecule has 0 saturated carbocycles. The lowest BCUT2D eigenvalue weighted by Gasteiger charge is -2.18. The van der Waals surface area contributed by atoms with Crippen molar-refractivity contribution in [2.75, 3.05) is 25.6 Å². The van der Waals surface area contributed by atoms with E-state index in [4.69, 9.17) is 9.47 Å². The van der Waals surface area contributed by atoms with Crippen molar-refractivity contribution in [3.05, 3.63) is 83.7 Å². The second kappa shape index (κ2) is 9.60. The van der Waals surface area contributed by atoms with Crippen LogP contribution < -0.4 is 14.8 Å². The number of hydrogen-bond donors (Lipinski definition) is 1. The van der Waals surface area contributed by atoms with Crippen molar-refractivity contribution in [2.45, 2.75) is 17.9 Å². The summed E-state index contributed by atoms with van der Waals surface area (Å²) in [5.41, 5.74) is 1.20. The predicted octanol–water partition coefficient (Wildman–Crippen LogP) is 4.06. The van der Waals surface area contributed by atoms with E-state index in [1.54, 1.807) is 24.3 Å². The second-order valence-electron chi connectivity index (χ2n) is 7.58. The molecule has 0 bridgehead atoms. The largest absolute Gasteiger partial charge is 0.490 e. The van der Waals surface area contributed by atoms with E-state index < -0.39 is 21.7 Å². The number of ether oxygens (including phenoxy) is 2. The number of sulfonamides is 1. The van der Waals surface area contributed by atoms with Gasteiger partial charge in [0.05, 0.1) is 18.1 Å². The van der Waals surface area contributed by atoms with Crippen LogP contribution in [-0.2, 0) is 16.6 Å². The molecule has 1 N–H and O–H groups in total. The van der Waals surface area contributed by atoms with Crippen molar-refractivity contribution in [1.29, 1.82) is 0 Å². The van der Waals surface area contributed by atoms with Gasteiger partial charge >= 0.3 is 0 Å². The van der Waals surface area contributed by atoms with Gasteiger partial charge in [0.1, 0.15) is 5.82 Å². The van der Waals surface area contributed by atoms with Gasteiger partial charge in [-0.1, -0.05) is 18.2 Å². The maximum absolute atomic E-state index is 13.4. The molecular formula is C24H23FN2O5S. The average molecular weight is 471 g/mol. The summed E-state index contributed by atoms with van der Waals surface area (Å²) in [4.78, 5) is 12.8. The topological polar surface area (TPSA) is 84.9 Å². The minimum absolute atomic E-state index is 0.00624. The van der Waals surface area contributed by atoms with Crippen LogP contribution in [0.25, 0.3) is 0 Å². The lowest BCUT2D eigenvalue weighted by molar-refractivity contribution is 0.102. The Hall–Kier alpha value is -3.43. The third kappa shape index (κ3) is 5.32. The predicted molar refractivity (Wildman–Crippen MR) is 121 cm³/mol. The Bertz CT molecular complexity index is 1280. The number of benzene rings is 3. The van der Waals surface area contributed by atoms with Gasteiger partial charge in [0.25, 0.3) is 5.91 Å². The lowest BCUT2D eigenvalue weighted by Crippen LogP contribution is -2.27. The van der Waals surface area contributed by atoms with Crippen LogP contribution in [0.1, 0.15) is 22.3 Å². The molecule has 1 heterocycles. The molecule has 0 aliphatic carbocycles. The quantitative estimate of drug-likeness (QED) is 0.587. The van der Waals surface area contributed by atoms with Gasteiger partial charge in [-0.25, -0.2) is 12.8 Å². The molecule has 0 radical (unpaired) electrons. The van der Waals surface area contributed by atoms with Crippen LogP contribution >= 0.6 is 0 Å². The lowest BCUT2D eigenvalue weighted by atomic mass is 10.2. The highest BCUT2D eigenvalue weighted by Gasteiger charge is 2.22. The summed E-state index contributed by atoms with van der Waals surface area (Å²) in [6.07, 6.45) is 0.769. The molecule has 0 aromatic heterocycles. The van der Waals surface area contributed by atoms with Gasteiger partial charge in [-0.05, 0) is 48.0 Å². The van der Waals surface area contributed by atoms with Crippen LogP contribution in [0.5, 0.6) is 11.5 Å². The number of hydrogen-bond acceptors (Lipinski definition) is 5. The fourth-order valence-electron chi connectivity index (χ4n) is 3.40. The first-order chi connectivity index (χ1) is 15.8. The van der Waals surface area contributed by atoms with E-state index in [-0.39, 0.29) is 17.0 Å². The van der Waals surface area contributed by atoms with Crippen LogP contribution in [-0.4, -0.2) is 38.9 Å². The Balaban J connectivity index is 1.51. The first-order valence-electron chi connectivity index (χ1n) is 10.3. The maximum atomic E-state index is 13.4. The van der Waals surface area contributed by atoms with Crippen LogP contribution in [0.2, 0.25) is 0 Å². The Kier molecular flexibility index (Phi) is 6.62. The fourth-order valence-corrected chi connectivity index (χ4v) is 4.60. The Morgan fingerprint density at radius 3 is 2.55 bits per heavy atom. The summed E-state index contributed by atoms with van der Waals surface area (Å²) in [5.74, 6) is 0.251. The normalized spacial score (nSPS) is 13.4. The van der Waals surface area contributed by atoms with Gasteiger partial charge in [-0.3, -0.25) is 4.79 Å². The summed E-state index contributed by atoms with van der Waals surface area (Å²) in [5, 5.41) is 2.76. The van der Waals surface area contributed by atoms with Crippen LogP contribution in [0.3, 0.4) is 0 Å². The van der Waals surface area contributed by atoms with Crippen molar-refractivity contribution in [1.82, 2.24) is 4.31 Å². The van der Waals surface area contributed by atoms with Gasteiger partial charge in [-0.2, -0.15) is 4.31 Å². The number of nitrogens with zero attached hydrogens (tertiary/aromatic N) is 1. The van der Waals surface area contributed by atoms with Crippen LogP contribution in [0.15, 0.2) is 71.6 Å². The standard InChI is InChI=1S/C24H23FN2O5S/c1-27(16-17-5-2-7-19(25)13-17)33(29,30)21-8-3-6-18(14-21)24(28)26-20-9-10-22-23(15-20)32-12-4-11-31-22/h2-3,5-10,13-15H,4,11-12,16H2,1H3,(H,26,28). The van der Waals surface area contributed by atoms with Gasteiger partial charge in [-0.15, -0.1) is 0 Å². The third-order valence-corrected chi connectivity index (χ3v) is 6.90. The molecule has 9 heteroatoms. The van der Waals surface area contributed by atoms with Crippen molar-refractivity contribution in [2.24, 2.45) is 0 Å². The van der Waals surface area contributed by atoms with E-state index in [1.807, 2.05) is 0 Å². The maximum Gasteiger partial charge on any atom is 0.255 e. The zero-order valence-electron chi connectivity index (χ0n) is 18.0. The van der Waals surface area contributed by atoms with E-state index in [9.17, 15) is 17.6 Å². The van der Waals surface area contributed by atoms with E-state index in [2.05, 4.69) is 5.32 Å². The zero-order valence-corrected chi connectivity index (χ0v) is 18.8. The van der Waals surface area contributed by atoms with Gasteiger partial charge in [0.2, 0.25) is 10.0 Å². The number of rotatable bonds is 6. The molecule has 3 aromatic rings. The van der Waals surface area contributed by atoms with E-state index in [1.165, 1.54) is 49.5 Å². The highest BCUT2D eigenvalue weighted by molar-refractivity contribution is 7.89. The molecule has 33 heavy (non-hydrogen) atoms. The zero-order chi connectivity index (χ0) is 23.4. The molecule has 0 atom stereocenters. The Morgan fingerprint density at radius 1 is 1.00 bits per heavy atom. The van der Waals surface area contributed by atoms with Crippen molar-refractivity contribution in [3.8, 4) is 11.5 Å². The number of nitrogens with one attached hydrogen (secondary N) is 1. The summed E-state index contributed by atoms with van der Waals surface area (Å²) in [6.45, 7) is 1.08. The van der Waals surface area contributed by atoms with Crippen molar-refractivity contribution < 1.29 is 27.1 Å². The van der Waals surface area contributed by atoms with Crippen molar-refractivity contribution >= 4 is 21.6 Å². The molecular weight excluding hydrogens is 447 g/mol. The number of halogens is 1. The second-order valence-corrected chi connectivity index (χ2v) is 9.63. The van der Waals surface area contributed by atoms with Gasteiger partial charge in [0.15, 0.2) is 11.5 Å².